The Hall–Kier alpha value is -3.25. The summed E-state index contributed by atoms with van der Waals surface area (Å²) < 4.78 is 5.34. The van der Waals surface area contributed by atoms with Crippen molar-refractivity contribution >= 4 is 17.4 Å². The van der Waals surface area contributed by atoms with Crippen molar-refractivity contribution in [1.29, 1.82) is 0 Å². The van der Waals surface area contributed by atoms with Crippen LogP contribution in [0.15, 0.2) is 66.7 Å². The number of aromatic nitrogens is 2. The van der Waals surface area contributed by atoms with E-state index >= 15 is 0 Å². The van der Waals surface area contributed by atoms with E-state index in [1.807, 2.05) is 60.7 Å². The number of carbonyl (C=O) groups excluding carboxylic acids is 1. The Morgan fingerprint density at radius 3 is 2.37 bits per heavy atom. The molecule has 0 atom stereocenters. The van der Waals surface area contributed by atoms with Crippen molar-refractivity contribution in [3.05, 3.63) is 72.4 Å². The highest BCUT2D eigenvalue weighted by Crippen LogP contribution is 2.27. The molecule has 1 aromatic heterocycles. The van der Waals surface area contributed by atoms with Crippen molar-refractivity contribution in [2.45, 2.75) is 0 Å². The SMILES string of the molecule is O=C(Nc1ccccc1-c1ccccc1)c1ccc(N2CCOCC2)nn1. The van der Waals surface area contributed by atoms with Gasteiger partial charge in [-0.05, 0) is 23.8 Å². The molecule has 0 aliphatic carbocycles. The van der Waals surface area contributed by atoms with Crippen LogP contribution in [0.5, 0.6) is 0 Å². The molecule has 1 amide bonds. The summed E-state index contributed by atoms with van der Waals surface area (Å²) in [5.74, 6) is 0.485. The van der Waals surface area contributed by atoms with Gasteiger partial charge in [0.15, 0.2) is 11.5 Å². The smallest absolute Gasteiger partial charge is 0.276 e. The minimum Gasteiger partial charge on any atom is -0.378 e. The molecular weight excluding hydrogens is 340 g/mol. The fraction of sp³-hybridized carbons (Fsp3) is 0.190. The fourth-order valence-corrected chi connectivity index (χ4v) is 3.06. The monoisotopic (exact) mass is 360 g/mol. The highest BCUT2D eigenvalue weighted by molar-refractivity contribution is 6.05. The van der Waals surface area contributed by atoms with Crippen LogP contribution in [-0.2, 0) is 4.74 Å². The van der Waals surface area contributed by atoms with Gasteiger partial charge in [0.2, 0.25) is 0 Å². The van der Waals surface area contributed by atoms with Crippen LogP contribution in [0.3, 0.4) is 0 Å². The summed E-state index contributed by atoms with van der Waals surface area (Å²) in [7, 11) is 0. The molecule has 0 bridgehead atoms. The van der Waals surface area contributed by atoms with Crippen LogP contribution < -0.4 is 10.2 Å². The summed E-state index contributed by atoms with van der Waals surface area (Å²) in [6.07, 6.45) is 0. The third-order valence-electron chi connectivity index (χ3n) is 4.48. The van der Waals surface area contributed by atoms with Gasteiger partial charge in [-0.1, -0.05) is 48.5 Å². The average molecular weight is 360 g/mol. The zero-order valence-corrected chi connectivity index (χ0v) is 14.8. The third kappa shape index (κ3) is 3.96. The Kier molecular flexibility index (Phi) is 5.07. The zero-order chi connectivity index (χ0) is 18.5. The zero-order valence-electron chi connectivity index (χ0n) is 14.8. The predicted molar refractivity (Wildman–Crippen MR) is 105 cm³/mol. The number of para-hydroxylation sites is 1. The normalized spacial score (nSPS) is 14.0. The number of nitrogens with one attached hydrogen (secondary N) is 1. The van der Waals surface area contributed by atoms with Crippen molar-refractivity contribution in [2.24, 2.45) is 0 Å². The maximum Gasteiger partial charge on any atom is 0.276 e. The number of ether oxygens (including phenoxy) is 1. The highest BCUT2D eigenvalue weighted by Gasteiger charge is 2.15. The number of morpholine rings is 1. The summed E-state index contributed by atoms with van der Waals surface area (Å²) in [4.78, 5) is 14.7. The van der Waals surface area contributed by atoms with Gasteiger partial charge in [0, 0.05) is 24.3 Å². The minimum atomic E-state index is -0.278. The molecule has 3 aromatic rings. The molecule has 6 nitrogen and oxygen atoms in total. The molecule has 0 unspecified atom stereocenters. The largest absolute Gasteiger partial charge is 0.378 e. The van der Waals surface area contributed by atoms with E-state index in [0.29, 0.717) is 13.2 Å². The van der Waals surface area contributed by atoms with Crippen LogP contribution in [0.25, 0.3) is 11.1 Å². The van der Waals surface area contributed by atoms with E-state index < -0.39 is 0 Å². The van der Waals surface area contributed by atoms with E-state index in [1.54, 1.807) is 6.07 Å². The third-order valence-corrected chi connectivity index (χ3v) is 4.48. The molecular formula is C21H20N4O2. The Morgan fingerprint density at radius 2 is 1.63 bits per heavy atom. The number of hydrogen-bond donors (Lipinski definition) is 1. The van der Waals surface area contributed by atoms with E-state index in [4.69, 9.17) is 4.74 Å². The number of anilines is 2. The Bertz CT molecular complexity index is 907. The lowest BCUT2D eigenvalue weighted by molar-refractivity contribution is 0.102. The second kappa shape index (κ2) is 7.97. The lowest BCUT2D eigenvalue weighted by Gasteiger charge is -2.27. The van der Waals surface area contributed by atoms with Crippen LogP contribution in [0.4, 0.5) is 11.5 Å². The molecule has 4 rings (SSSR count). The summed E-state index contributed by atoms with van der Waals surface area (Å²) in [6, 6.07) is 21.2. The predicted octanol–water partition coefficient (Wildman–Crippen LogP) is 3.23. The van der Waals surface area contributed by atoms with E-state index in [2.05, 4.69) is 20.4 Å². The molecule has 1 N–H and O–H groups in total. The Labute approximate surface area is 157 Å². The molecule has 136 valence electrons. The van der Waals surface area contributed by atoms with Gasteiger partial charge >= 0.3 is 0 Å². The van der Waals surface area contributed by atoms with E-state index in [1.165, 1.54) is 0 Å². The Balaban J connectivity index is 1.51. The van der Waals surface area contributed by atoms with Crippen molar-refractivity contribution in [3.63, 3.8) is 0 Å². The molecule has 0 saturated carbocycles. The quantitative estimate of drug-likeness (QED) is 0.774. The van der Waals surface area contributed by atoms with Crippen LogP contribution >= 0.6 is 0 Å². The first-order valence-corrected chi connectivity index (χ1v) is 8.93. The van der Waals surface area contributed by atoms with Gasteiger partial charge in [-0.3, -0.25) is 4.79 Å². The summed E-state index contributed by atoms with van der Waals surface area (Å²) in [6.45, 7) is 2.93. The second-order valence-corrected chi connectivity index (χ2v) is 6.24. The van der Waals surface area contributed by atoms with Crippen molar-refractivity contribution in [2.75, 3.05) is 36.5 Å². The number of hydrogen-bond acceptors (Lipinski definition) is 5. The average Bonchev–Trinajstić information content (AvgIpc) is 2.75. The maximum atomic E-state index is 12.6. The lowest BCUT2D eigenvalue weighted by Crippen LogP contribution is -2.37. The number of carbonyl (C=O) groups is 1. The first-order chi connectivity index (χ1) is 13.3. The summed E-state index contributed by atoms with van der Waals surface area (Å²) in [5.41, 5.74) is 3.04. The molecule has 0 spiro atoms. The molecule has 2 heterocycles. The van der Waals surface area contributed by atoms with Gasteiger partial charge in [0.05, 0.1) is 13.2 Å². The number of amides is 1. The molecule has 1 aliphatic rings. The van der Waals surface area contributed by atoms with Crippen molar-refractivity contribution in [1.82, 2.24) is 10.2 Å². The van der Waals surface area contributed by atoms with Crippen LogP contribution in [-0.4, -0.2) is 42.4 Å². The maximum absolute atomic E-state index is 12.6. The van der Waals surface area contributed by atoms with Crippen molar-refractivity contribution < 1.29 is 9.53 Å². The minimum absolute atomic E-state index is 0.278. The second-order valence-electron chi connectivity index (χ2n) is 6.24. The number of benzene rings is 2. The van der Waals surface area contributed by atoms with E-state index in [-0.39, 0.29) is 11.6 Å². The van der Waals surface area contributed by atoms with Gasteiger partial charge in [-0.2, -0.15) is 0 Å². The number of nitrogens with zero attached hydrogens (tertiary/aromatic N) is 3. The first kappa shape index (κ1) is 17.2. The number of rotatable bonds is 4. The van der Waals surface area contributed by atoms with E-state index in [9.17, 15) is 4.79 Å². The molecule has 1 fully saturated rings. The van der Waals surface area contributed by atoms with Gasteiger partial charge in [-0.25, -0.2) is 0 Å². The fourth-order valence-electron chi connectivity index (χ4n) is 3.06. The molecule has 1 saturated heterocycles. The van der Waals surface area contributed by atoms with Gasteiger partial charge in [-0.15, -0.1) is 10.2 Å². The van der Waals surface area contributed by atoms with Crippen LogP contribution in [0.1, 0.15) is 10.5 Å². The first-order valence-electron chi connectivity index (χ1n) is 8.93. The van der Waals surface area contributed by atoms with Gasteiger partial charge < -0.3 is 15.0 Å². The lowest BCUT2D eigenvalue weighted by atomic mass is 10.0. The molecule has 1 aliphatic heterocycles. The standard InChI is InChI=1S/C21H20N4O2/c26-21(19-10-11-20(24-23-19)25-12-14-27-15-13-25)22-18-9-5-4-8-17(18)16-6-2-1-3-7-16/h1-11H,12-15H2,(H,22,26). The van der Waals surface area contributed by atoms with Crippen LogP contribution in [0, 0.1) is 0 Å². The van der Waals surface area contributed by atoms with Gasteiger partial charge in [0.1, 0.15) is 0 Å². The van der Waals surface area contributed by atoms with Gasteiger partial charge in [0.25, 0.3) is 5.91 Å². The topological polar surface area (TPSA) is 67.4 Å². The van der Waals surface area contributed by atoms with E-state index in [0.717, 1.165) is 35.7 Å². The molecule has 6 heteroatoms. The summed E-state index contributed by atoms with van der Waals surface area (Å²) >= 11 is 0. The van der Waals surface area contributed by atoms with Crippen LogP contribution in [0.2, 0.25) is 0 Å². The Morgan fingerprint density at radius 1 is 0.889 bits per heavy atom. The molecule has 27 heavy (non-hydrogen) atoms. The molecule has 2 aromatic carbocycles. The summed E-state index contributed by atoms with van der Waals surface area (Å²) in [5, 5.41) is 11.3. The van der Waals surface area contributed by atoms with Crippen molar-refractivity contribution in [3.8, 4) is 11.1 Å². The molecule has 0 radical (unpaired) electrons. The highest BCUT2D eigenvalue weighted by atomic mass is 16.5.